The first-order valence-corrected chi connectivity index (χ1v) is 14.5. The van der Waals surface area contributed by atoms with Crippen LogP contribution in [0.1, 0.15) is 5.69 Å². The Balaban J connectivity index is 1.44. The van der Waals surface area contributed by atoms with Crippen molar-refractivity contribution in [2.24, 2.45) is 0 Å². The number of nitrogens with one attached hydrogen (secondary N) is 1. The van der Waals surface area contributed by atoms with Crippen LogP contribution in [-0.4, -0.2) is 47.1 Å². The molecule has 3 heterocycles. The van der Waals surface area contributed by atoms with Crippen LogP contribution < -0.4 is 26.0 Å². The van der Waals surface area contributed by atoms with Gasteiger partial charge in [-0.05, 0) is 57.7 Å². The van der Waals surface area contributed by atoms with Gasteiger partial charge in [0.1, 0.15) is 11.6 Å². The van der Waals surface area contributed by atoms with Crippen molar-refractivity contribution >= 4 is 63.6 Å². The normalized spacial score (nSPS) is 13.5. The molecule has 0 amide bonds. The fourth-order valence-corrected chi connectivity index (χ4v) is 6.50. The molecule has 36 heavy (non-hydrogen) atoms. The maximum atomic E-state index is 6.27. The zero-order valence-electron chi connectivity index (χ0n) is 20.2. The van der Waals surface area contributed by atoms with Gasteiger partial charge in [0.05, 0.1) is 35.2 Å². The second-order valence-corrected chi connectivity index (χ2v) is 12.0. The van der Waals surface area contributed by atoms with Crippen LogP contribution in [0, 0.1) is 0 Å². The van der Waals surface area contributed by atoms with Crippen molar-refractivity contribution in [1.82, 2.24) is 19.7 Å². The third-order valence-corrected chi connectivity index (χ3v) is 8.97. The Morgan fingerprint density at radius 2 is 2.03 bits per heavy atom. The van der Waals surface area contributed by atoms with Gasteiger partial charge in [0.15, 0.2) is 0 Å². The molecule has 0 fully saturated rings. The average Bonchev–Trinajstić information content (AvgIpc) is 3.22. The molecule has 0 saturated heterocycles. The number of rotatable bonds is 6. The second kappa shape index (κ2) is 10.2. The van der Waals surface area contributed by atoms with Crippen LogP contribution in [-0.2, 0) is 12.7 Å². The van der Waals surface area contributed by atoms with Gasteiger partial charge in [-0.3, -0.25) is 4.68 Å². The molecule has 1 atom stereocenters. The van der Waals surface area contributed by atoms with Crippen molar-refractivity contribution in [3.8, 4) is 17.0 Å². The molecule has 1 unspecified atom stereocenters. The molecule has 5 rings (SSSR count). The van der Waals surface area contributed by atoms with Crippen LogP contribution in [0.15, 0.2) is 53.1 Å². The number of fused-ring (bicyclic) bond motifs is 3. The topological polar surface area (TPSA) is 94.1 Å². The lowest BCUT2D eigenvalue weighted by Crippen LogP contribution is -2.21. The number of methoxy groups -OCH3 is 1. The second-order valence-electron chi connectivity index (χ2n) is 8.61. The molecule has 186 valence electrons. The predicted molar refractivity (Wildman–Crippen MR) is 153 cm³/mol. The maximum absolute atomic E-state index is 6.27. The van der Waals surface area contributed by atoms with E-state index in [-0.39, 0.29) is 5.28 Å². The molecule has 2 aromatic carbocycles. The number of likely N-dealkylation sites (N-methyl/N-ethyl adjacent to an activating group) is 1. The molecule has 0 radical (unpaired) electrons. The van der Waals surface area contributed by atoms with E-state index in [1.54, 1.807) is 13.3 Å². The third kappa shape index (κ3) is 4.88. The maximum Gasteiger partial charge on any atom is 0.224 e. The van der Waals surface area contributed by atoms with Crippen LogP contribution in [0.2, 0.25) is 5.28 Å². The van der Waals surface area contributed by atoms with Crippen LogP contribution in [0.4, 0.5) is 22.9 Å². The molecular formula is C25H26BrClN7OP. The number of aromatic nitrogens is 4. The Labute approximate surface area is 224 Å². The predicted octanol–water partition coefficient (Wildman–Crippen LogP) is 5.48. The largest absolute Gasteiger partial charge is 0.495 e. The minimum absolute atomic E-state index is 0.195. The van der Waals surface area contributed by atoms with Gasteiger partial charge < -0.3 is 20.7 Å². The monoisotopic (exact) mass is 585 g/mol. The molecule has 2 aromatic heterocycles. The molecule has 8 nitrogen and oxygen atoms in total. The minimum Gasteiger partial charge on any atom is -0.495 e. The number of para-hydroxylation sites is 1. The number of nitrogens with two attached hydrogens (primary N) is 1. The molecule has 11 heteroatoms. The van der Waals surface area contributed by atoms with Crippen molar-refractivity contribution in [1.29, 1.82) is 0 Å². The van der Waals surface area contributed by atoms with Crippen molar-refractivity contribution in [3.05, 3.63) is 64.1 Å². The summed E-state index contributed by atoms with van der Waals surface area (Å²) in [6.45, 7) is 3.91. The first-order chi connectivity index (χ1) is 17.3. The van der Waals surface area contributed by atoms with E-state index in [0.29, 0.717) is 17.3 Å². The first kappa shape index (κ1) is 24.8. The van der Waals surface area contributed by atoms with Gasteiger partial charge in [-0.2, -0.15) is 10.1 Å². The fourth-order valence-electron chi connectivity index (χ4n) is 4.38. The van der Waals surface area contributed by atoms with E-state index in [4.69, 9.17) is 27.2 Å². The molecule has 1 aliphatic rings. The van der Waals surface area contributed by atoms with Crippen molar-refractivity contribution in [3.63, 3.8) is 0 Å². The van der Waals surface area contributed by atoms with Gasteiger partial charge in [0.25, 0.3) is 0 Å². The molecule has 4 aromatic rings. The highest BCUT2D eigenvalue weighted by Crippen LogP contribution is 2.42. The smallest absolute Gasteiger partial charge is 0.224 e. The Morgan fingerprint density at radius 1 is 1.22 bits per heavy atom. The summed E-state index contributed by atoms with van der Waals surface area (Å²) in [6.07, 6.45) is 2.49. The number of nitrogen functional groups attached to an aromatic ring is 1. The number of ether oxygens (including phenoxy) is 1. The Kier molecular flexibility index (Phi) is 7.06. The first-order valence-electron chi connectivity index (χ1n) is 11.3. The number of nitrogens with zero attached hydrogens (tertiary/aromatic N) is 5. The Bertz CT molecular complexity index is 1430. The van der Waals surface area contributed by atoms with E-state index in [0.717, 1.165) is 52.1 Å². The summed E-state index contributed by atoms with van der Waals surface area (Å²) in [6, 6.07) is 14.5. The molecule has 0 saturated carbocycles. The Hall–Kier alpha value is -2.87. The molecule has 0 aliphatic carbocycles. The average molecular weight is 587 g/mol. The number of benzene rings is 2. The molecule has 0 bridgehead atoms. The van der Waals surface area contributed by atoms with E-state index in [1.165, 1.54) is 5.30 Å². The lowest BCUT2D eigenvalue weighted by atomic mass is 10.1. The summed E-state index contributed by atoms with van der Waals surface area (Å²) in [7, 11) is 3.17. The minimum atomic E-state index is -0.557. The van der Waals surface area contributed by atoms with E-state index >= 15 is 0 Å². The molecule has 0 spiro atoms. The highest BCUT2D eigenvalue weighted by Gasteiger charge is 2.23. The van der Waals surface area contributed by atoms with Gasteiger partial charge in [-0.25, -0.2) is 4.98 Å². The number of anilines is 4. The lowest BCUT2D eigenvalue weighted by Gasteiger charge is -2.20. The summed E-state index contributed by atoms with van der Waals surface area (Å²) in [5.41, 5.74) is 12.2. The van der Waals surface area contributed by atoms with E-state index in [9.17, 15) is 0 Å². The quantitative estimate of drug-likeness (QED) is 0.176. The van der Waals surface area contributed by atoms with Crippen molar-refractivity contribution in [2.45, 2.75) is 12.7 Å². The molecule has 3 N–H and O–H groups in total. The number of hydrogen-bond donors (Lipinski definition) is 2. The fraction of sp³-hybridized carbons (Fsp3) is 0.240. The summed E-state index contributed by atoms with van der Waals surface area (Å²) in [4.78, 5) is 10.5. The van der Waals surface area contributed by atoms with Crippen LogP contribution >= 0.6 is 35.5 Å². The van der Waals surface area contributed by atoms with Crippen LogP contribution in [0.3, 0.4) is 0 Å². The van der Waals surface area contributed by atoms with Gasteiger partial charge in [0, 0.05) is 49.0 Å². The zero-order valence-corrected chi connectivity index (χ0v) is 23.4. The highest BCUT2D eigenvalue weighted by molar-refractivity contribution is 9.10. The summed E-state index contributed by atoms with van der Waals surface area (Å²) in [5.74, 6) is 1.32. The summed E-state index contributed by atoms with van der Waals surface area (Å²) < 4.78 is 8.31. The van der Waals surface area contributed by atoms with E-state index in [2.05, 4.69) is 78.8 Å². The highest BCUT2D eigenvalue weighted by atomic mass is 79.9. The summed E-state index contributed by atoms with van der Waals surface area (Å²) in [5, 5.41) is 9.83. The lowest BCUT2D eigenvalue weighted by molar-refractivity contribution is 0.417. The van der Waals surface area contributed by atoms with Crippen molar-refractivity contribution < 1.29 is 4.74 Å². The van der Waals surface area contributed by atoms with Gasteiger partial charge >= 0.3 is 0 Å². The SMILES string of the molecule is COc1cc2c(cc1N)-c1cc(CP(C)c3ccccc3Nc3nc(Cl)ncc3Br)nn1CCN2C. The number of halogens is 2. The van der Waals surface area contributed by atoms with E-state index in [1.807, 2.05) is 18.2 Å². The van der Waals surface area contributed by atoms with Crippen LogP contribution in [0.5, 0.6) is 5.75 Å². The van der Waals surface area contributed by atoms with Gasteiger partial charge in [-0.1, -0.05) is 26.1 Å². The van der Waals surface area contributed by atoms with Gasteiger partial charge in [0.2, 0.25) is 5.28 Å². The van der Waals surface area contributed by atoms with Gasteiger partial charge in [-0.15, -0.1) is 0 Å². The Morgan fingerprint density at radius 3 is 2.83 bits per heavy atom. The summed E-state index contributed by atoms with van der Waals surface area (Å²) >= 11 is 9.52. The standard InChI is InChI=1S/C25H26BrClN7OP/c1-33-8-9-34-21(16-11-18(28)22(35-2)12-20(16)33)10-15(32-34)14-36(3)23-7-5-4-6-19(23)30-24-17(26)13-29-25(27)31-24/h4-7,10-13H,8-9,14,28H2,1-3H3,(H,29,30,31). The molecular weight excluding hydrogens is 561 g/mol. The zero-order chi connectivity index (χ0) is 25.4. The number of hydrogen-bond acceptors (Lipinski definition) is 7. The van der Waals surface area contributed by atoms with E-state index < -0.39 is 7.92 Å². The van der Waals surface area contributed by atoms with Crippen molar-refractivity contribution in [2.75, 3.05) is 43.3 Å². The van der Waals surface area contributed by atoms with Crippen LogP contribution in [0.25, 0.3) is 11.3 Å². The molecule has 1 aliphatic heterocycles. The third-order valence-electron chi connectivity index (χ3n) is 6.20.